The molecular weight excluding hydrogens is 535 g/mol. The Balaban J connectivity index is 1.39. The maximum absolute atomic E-state index is 14.3. The van der Waals surface area contributed by atoms with E-state index in [2.05, 4.69) is 22.2 Å². The third-order valence-corrected chi connectivity index (χ3v) is 8.10. The van der Waals surface area contributed by atoms with E-state index in [0.717, 1.165) is 50.3 Å². The molecule has 1 fully saturated rings. The summed E-state index contributed by atoms with van der Waals surface area (Å²) in [5.74, 6) is -0.553. The van der Waals surface area contributed by atoms with Crippen LogP contribution in [0.15, 0.2) is 60.7 Å². The van der Waals surface area contributed by atoms with Gasteiger partial charge in [-0.2, -0.15) is 0 Å². The zero-order valence-electron chi connectivity index (χ0n) is 24.6. The maximum Gasteiger partial charge on any atom is 0.264 e. The van der Waals surface area contributed by atoms with Gasteiger partial charge in [0.15, 0.2) is 0 Å². The first-order valence-electron chi connectivity index (χ1n) is 14.5. The molecule has 2 heterocycles. The molecule has 1 N–H and O–H groups in total. The van der Waals surface area contributed by atoms with Crippen LogP contribution in [0.5, 0.6) is 5.75 Å². The van der Waals surface area contributed by atoms with Crippen molar-refractivity contribution in [3.05, 3.63) is 88.7 Å². The molecule has 9 heteroatoms. The van der Waals surface area contributed by atoms with Gasteiger partial charge in [0, 0.05) is 50.0 Å². The van der Waals surface area contributed by atoms with Crippen LogP contribution in [0.2, 0.25) is 0 Å². The third-order valence-electron chi connectivity index (χ3n) is 8.10. The monoisotopic (exact) mass is 574 g/mol. The predicted octanol–water partition coefficient (Wildman–Crippen LogP) is 4.97. The van der Waals surface area contributed by atoms with Crippen molar-refractivity contribution in [3.8, 4) is 5.75 Å². The van der Waals surface area contributed by atoms with Crippen LogP contribution in [0, 0.1) is 12.7 Å². The highest BCUT2D eigenvalue weighted by atomic mass is 19.1. The van der Waals surface area contributed by atoms with Crippen LogP contribution in [-0.4, -0.2) is 81.3 Å². The van der Waals surface area contributed by atoms with E-state index in [1.54, 1.807) is 35.2 Å². The molecule has 2 amide bonds. The molecule has 5 rings (SSSR count). The molecule has 0 saturated carbocycles. The Morgan fingerprint density at radius 3 is 2.55 bits per heavy atom. The number of benzene rings is 3. The molecule has 42 heavy (non-hydrogen) atoms. The summed E-state index contributed by atoms with van der Waals surface area (Å²) in [5.41, 5.74) is 3.69. The Morgan fingerprint density at radius 2 is 1.79 bits per heavy atom. The van der Waals surface area contributed by atoms with Gasteiger partial charge in [0.05, 0.1) is 25.0 Å². The van der Waals surface area contributed by atoms with E-state index < -0.39 is 6.23 Å². The molecule has 1 saturated heterocycles. The number of nitrogens with one attached hydrogen (secondary N) is 1. The third kappa shape index (κ3) is 6.81. The van der Waals surface area contributed by atoms with Crippen LogP contribution in [-0.2, 0) is 11.2 Å². The summed E-state index contributed by atoms with van der Waals surface area (Å²) in [6.45, 7) is 7.16. The lowest BCUT2D eigenvalue weighted by Crippen LogP contribution is -2.47. The summed E-state index contributed by atoms with van der Waals surface area (Å²) in [6.07, 6.45) is 1.52. The number of rotatable bonds is 8. The van der Waals surface area contributed by atoms with E-state index in [1.165, 1.54) is 19.2 Å². The standard InChI is InChI=1S/C33H39FN4O4/c1-23-7-4-5-9-27(23)32(39)35-26-12-13-28(30(22-26)41-3)33(40)38-29-14-11-25(34)21-24(29)8-6-10-31(38)42-20-19-37-17-15-36(2)16-18-37/h4-5,7,9,11-14,21-22,31H,6,8,10,15-20H2,1-3H3,(H,35,39). The van der Waals surface area contributed by atoms with Gasteiger partial charge in [0.2, 0.25) is 0 Å². The van der Waals surface area contributed by atoms with E-state index in [4.69, 9.17) is 9.47 Å². The molecule has 0 radical (unpaired) electrons. The minimum absolute atomic E-state index is 0.244. The lowest BCUT2D eigenvalue weighted by molar-refractivity contribution is 0.0227. The summed E-state index contributed by atoms with van der Waals surface area (Å²) in [7, 11) is 3.62. The minimum Gasteiger partial charge on any atom is -0.496 e. The van der Waals surface area contributed by atoms with E-state index in [0.29, 0.717) is 47.7 Å². The number of halogens is 1. The molecule has 2 aliphatic rings. The average molecular weight is 575 g/mol. The predicted molar refractivity (Wildman–Crippen MR) is 162 cm³/mol. The van der Waals surface area contributed by atoms with Crippen molar-refractivity contribution in [3.63, 3.8) is 0 Å². The highest BCUT2D eigenvalue weighted by Gasteiger charge is 2.33. The molecule has 0 aromatic heterocycles. The molecule has 0 bridgehead atoms. The summed E-state index contributed by atoms with van der Waals surface area (Å²) < 4.78 is 26.3. The molecule has 1 unspecified atom stereocenters. The van der Waals surface area contributed by atoms with Crippen LogP contribution >= 0.6 is 0 Å². The number of methoxy groups -OCH3 is 1. The topological polar surface area (TPSA) is 74.3 Å². The molecule has 222 valence electrons. The summed E-state index contributed by atoms with van der Waals surface area (Å²) in [5, 5.41) is 2.90. The molecule has 1 atom stereocenters. The second kappa shape index (κ2) is 13.5. The number of piperazine rings is 1. The number of likely N-dealkylation sites (N-methyl/N-ethyl adjacent to an activating group) is 1. The quantitative estimate of drug-likeness (QED) is 0.410. The number of carbonyl (C=O) groups is 2. The maximum atomic E-state index is 14.3. The highest BCUT2D eigenvalue weighted by molar-refractivity contribution is 6.10. The molecule has 0 aliphatic carbocycles. The summed E-state index contributed by atoms with van der Waals surface area (Å²) in [6, 6.07) is 16.9. The number of aryl methyl sites for hydroxylation is 2. The fourth-order valence-corrected chi connectivity index (χ4v) is 5.63. The van der Waals surface area contributed by atoms with Gasteiger partial charge in [-0.3, -0.25) is 19.4 Å². The first kappa shape index (κ1) is 29.7. The van der Waals surface area contributed by atoms with Crippen molar-refractivity contribution in [1.29, 1.82) is 0 Å². The van der Waals surface area contributed by atoms with Crippen LogP contribution in [0.25, 0.3) is 0 Å². The molecular formula is C33H39FN4O4. The number of nitrogens with zero attached hydrogens (tertiary/aromatic N) is 3. The zero-order valence-corrected chi connectivity index (χ0v) is 24.6. The van der Waals surface area contributed by atoms with Crippen LogP contribution < -0.4 is 15.0 Å². The fraction of sp³-hybridized carbons (Fsp3) is 0.394. The zero-order chi connectivity index (χ0) is 29.6. The van der Waals surface area contributed by atoms with Crippen LogP contribution in [0.4, 0.5) is 15.8 Å². The first-order chi connectivity index (χ1) is 20.3. The van der Waals surface area contributed by atoms with Gasteiger partial charge < -0.3 is 19.7 Å². The second-order valence-corrected chi connectivity index (χ2v) is 11.0. The lowest BCUT2D eigenvalue weighted by atomic mass is 10.1. The van der Waals surface area contributed by atoms with Gasteiger partial charge in [-0.1, -0.05) is 18.2 Å². The van der Waals surface area contributed by atoms with E-state index >= 15 is 0 Å². The first-order valence-corrected chi connectivity index (χ1v) is 14.5. The number of amides is 2. The summed E-state index contributed by atoms with van der Waals surface area (Å²) in [4.78, 5) is 33.5. The highest BCUT2D eigenvalue weighted by Crippen LogP contribution is 2.34. The van der Waals surface area contributed by atoms with Crippen LogP contribution in [0.1, 0.15) is 44.7 Å². The molecule has 2 aliphatic heterocycles. The number of ether oxygens (including phenoxy) is 2. The van der Waals surface area contributed by atoms with Gasteiger partial charge in [0.25, 0.3) is 11.8 Å². The second-order valence-electron chi connectivity index (χ2n) is 11.0. The van der Waals surface area contributed by atoms with Crippen molar-refractivity contribution in [1.82, 2.24) is 9.80 Å². The molecule has 3 aromatic rings. The summed E-state index contributed by atoms with van der Waals surface area (Å²) >= 11 is 0. The Labute approximate surface area is 247 Å². The van der Waals surface area contributed by atoms with Crippen LogP contribution in [0.3, 0.4) is 0 Å². The largest absolute Gasteiger partial charge is 0.496 e. The van der Waals surface area contributed by atoms with Gasteiger partial charge in [-0.15, -0.1) is 0 Å². The van der Waals surface area contributed by atoms with Gasteiger partial charge >= 0.3 is 0 Å². The van der Waals surface area contributed by atoms with Gasteiger partial charge in [-0.25, -0.2) is 4.39 Å². The number of carbonyl (C=O) groups excluding carboxylic acids is 2. The molecule has 8 nitrogen and oxygen atoms in total. The average Bonchev–Trinajstić information content (AvgIpc) is 3.16. The van der Waals surface area contributed by atoms with Crippen molar-refractivity contribution in [2.24, 2.45) is 0 Å². The number of fused-ring (bicyclic) bond motifs is 1. The number of hydrogen-bond acceptors (Lipinski definition) is 6. The van der Waals surface area contributed by atoms with Crippen molar-refractivity contribution in [2.45, 2.75) is 32.4 Å². The lowest BCUT2D eigenvalue weighted by Gasteiger charge is -2.34. The Morgan fingerprint density at radius 1 is 1.00 bits per heavy atom. The number of hydrogen-bond donors (Lipinski definition) is 1. The molecule has 0 spiro atoms. The molecule has 3 aromatic carbocycles. The fourth-order valence-electron chi connectivity index (χ4n) is 5.63. The van der Waals surface area contributed by atoms with E-state index in [9.17, 15) is 14.0 Å². The Hall–Kier alpha value is -3.79. The smallest absolute Gasteiger partial charge is 0.264 e. The Bertz CT molecular complexity index is 1420. The van der Waals surface area contributed by atoms with Gasteiger partial charge in [-0.05, 0) is 80.8 Å². The normalized spacial score (nSPS) is 17.8. The van der Waals surface area contributed by atoms with E-state index in [1.807, 2.05) is 25.1 Å². The number of anilines is 2. The Kier molecular flexibility index (Phi) is 9.51. The van der Waals surface area contributed by atoms with E-state index in [-0.39, 0.29) is 17.6 Å². The van der Waals surface area contributed by atoms with Crippen molar-refractivity contribution < 1.29 is 23.5 Å². The minimum atomic E-state index is -0.512. The SMILES string of the molecule is COc1cc(NC(=O)c2ccccc2C)ccc1C(=O)N1c2ccc(F)cc2CCCC1OCCN1CCN(C)CC1. The van der Waals surface area contributed by atoms with Gasteiger partial charge in [0.1, 0.15) is 17.8 Å². The van der Waals surface area contributed by atoms with Crippen molar-refractivity contribution >= 4 is 23.2 Å². The van der Waals surface area contributed by atoms with Crippen molar-refractivity contribution in [2.75, 3.05) is 63.7 Å².